The first-order chi connectivity index (χ1) is 10.7. The zero-order valence-electron chi connectivity index (χ0n) is 11.7. The molecule has 22 heavy (non-hydrogen) atoms. The molecule has 110 valence electrons. The van der Waals surface area contributed by atoms with Crippen LogP contribution in [0.4, 0.5) is 0 Å². The Balaban J connectivity index is 1.93. The predicted molar refractivity (Wildman–Crippen MR) is 83.5 cm³/mol. The number of hydrogen-bond acceptors (Lipinski definition) is 4. The average Bonchev–Trinajstić information content (AvgIpc) is 3.01. The number of rotatable bonds is 5. The van der Waals surface area contributed by atoms with E-state index >= 15 is 0 Å². The van der Waals surface area contributed by atoms with E-state index in [4.69, 9.17) is 10.6 Å². The maximum atomic E-state index is 11.2. The second-order valence-electron chi connectivity index (χ2n) is 4.73. The van der Waals surface area contributed by atoms with Crippen molar-refractivity contribution in [3.8, 4) is 5.75 Å². The molecule has 1 amide bonds. The number of nitrogens with one attached hydrogen (secondary N) is 1. The molecule has 3 rings (SSSR count). The van der Waals surface area contributed by atoms with E-state index in [0.717, 1.165) is 16.5 Å². The largest absolute Gasteiger partial charge is 0.369 e. The SMILES string of the molecule is NC(=O)C/C(=N\Oc1cccc2cn[nH]c12)c1ccccc1. The van der Waals surface area contributed by atoms with Crippen molar-refractivity contribution in [2.45, 2.75) is 6.42 Å². The molecular formula is C16H14N4O2. The van der Waals surface area contributed by atoms with Gasteiger partial charge in [-0.2, -0.15) is 5.10 Å². The van der Waals surface area contributed by atoms with Crippen LogP contribution < -0.4 is 10.6 Å². The highest BCUT2D eigenvalue weighted by atomic mass is 16.6. The van der Waals surface area contributed by atoms with Crippen molar-refractivity contribution < 1.29 is 9.63 Å². The second kappa shape index (κ2) is 6.09. The second-order valence-corrected chi connectivity index (χ2v) is 4.73. The highest BCUT2D eigenvalue weighted by Gasteiger charge is 2.09. The third-order valence-corrected chi connectivity index (χ3v) is 3.14. The Bertz CT molecular complexity index is 824. The predicted octanol–water partition coefficient (Wildman–Crippen LogP) is 2.22. The summed E-state index contributed by atoms with van der Waals surface area (Å²) in [6.45, 7) is 0. The Hall–Kier alpha value is -3.15. The standard InChI is InChI=1S/C16H14N4O2/c17-15(21)9-13(11-5-2-1-3-6-11)20-22-14-8-4-7-12-10-18-19-16(12)14/h1-8,10H,9H2,(H2,17,21)(H,18,19)/b20-13+. The summed E-state index contributed by atoms with van der Waals surface area (Å²) in [5.41, 5.74) is 7.30. The van der Waals surface area contributed by atoms with E-state index in [1.54, 1.807) is 12.3 Å². The van der Waals surface area contributed by atoms with Gasteiger partial charge in [-0.3, -0.25) is 9.89 Å². The minimum absolute atomic E-state index is 0.00294. The number of hydrogen-bond donors (Lipinski definition) is 2. The summed E-state index contributed by atoms with van der Waals surface area (Å²) in [6.07, 6.45) is 1.70. The van der Waals surface area contributed by atoms with Crippen LogP contribution in [0.2, 0.25) is 0 Å². The van der Waals surface area contributed by atoms with E-state index in [0.29, 0.717) is 11.5 Å². The zero-order chi connectivity index (χ0) is 15.4. The number of H-pyrrole nitrogens is 1. The minimum Gasteiger partial charge on any atom is -0.369 e. The first kappa shape index (κ1) is 13.8. The summed E-state index contributed by atoms with van der Waals surface area (Å²) in [7, 11) is 0. The van der Waals surface area contributed by atoms with Crippen LogP contribution in [-0.2, 0) is 4.79 Å². The fourth-order valence-electron chi connectivity index (χ4n) is 2.10. The third kappa shape index (κ3) is 2.95. The van der Waals surface area contributed by atoms with E-state index in [-0.39, 0.29) is 6.42 Å². The van der Waals surface area contributed by atoms with E-state index in [1.807, 2.05) is 42.5 Å². The molecule has 6 nitrogen and oxygen atoms in total. The molecule has 3 N–H and O–H groups in total. The van der Waals surface area contributed by atoms with Crippen LogP contribution >= 0.6 is 0 Å². The monoisotopic (exact) mass is 294 g/mol. The van der Waals surface area contributed by atoms with Gasteiger partial charge in [0.05, 0.1) is 18.3 Å². The Labute approximate surface area is 126 Å². The number of aromatic amines is 1. The highest BCUT2D eigenvalue weighted by Crippen LogP contribution is 2.23. The van der Waals surface area contributed by atoms with E-state index in [2.05, 4.69) is 15.4 Å². The number of aromatic nitrogens is 2. The van der Waals surface area contributed by atoms with Gasteiger partial charge in [-0.1, -0.05) is 47.6 Å². The molecule has 0 bridgehead atoms. The Kier molecular flexibility index (Phi) is 3.82. The van der Waals surface area contributed by atoms with Gasteiger partial charge in [-0.15, -0.1) is 0 Å². The lowest BCUT2D eigenvalue weighted by atomic mass is 10.1. The molecule has 2 aromatic carbocycles. The van der Waals surface area contributed by atoms with Crippen LogP contribution in [0.5, 0.6) is 5.75 Å². The van der Waals surface area contributed by atoms with E-state index in [9.17, 15) is 4.79 Å². The van der Waals surface area contributed by atoms with Crippen molar-refractivity contribution in [3.05, 3.63) is 60.3 Å². The van der Waals surface area contributed by atoms with Crippen molar-refractivity contribution in [1.29, 1.82) is 0 Å². The Morgan fingerprint density at radius 1 is 1.18 bits per heavy atom. The molecule has 0 aliphatic carbocycles. The van der Waals surface area contributed by atoms with Crippen LogP contribution in [0.15, 0.2) is 59.9 Å². The molecule has 0 spiro atoms. The zero-order valence-corrected chi connectivity index (χ0v) is 11.7. The summed E-state index contributed by atoms with van der Waals surface area (Å²) >= 11 is 0. The summed E-state index contributed by atoms with van der Waals surface area (Å²) < 4.78 is 0. The first-order valence-electron chi connectivity index (χ1n) is 6.74. The summed E-state index contributed by atoms with van der Waals surface area (Å²) in [4.78, 5) is 16.7. The van der Waals surface area contributed by atoms with Gasteiger partial charge in [-0.25, -0.2) is 0 Å². The van der Waals surface area contributed by atoms with Crippen molar-refractivity contribution in [2.75, 3.05) is 0 Å². The molecule has 0 saturated heterocycles. The maximum absolute atomic E-state index is 11.2. The molecule has 6 heteroatoms. The van der Waals surface area contributed by atoms with Crippen LogP contribution in [0, 0.1) is 0 Å². The van der Waals surface area contributed by atoms with Crippen LogP contribution in [0.3, 0.4) is 0 Å². The summed E-state index contributed by atoms with van der Waals surface area (Å²) in [5, 5.41) is 11.8. The van der Waals surface area contributed by atoms with Gasteiger partial charge in [0.15, 0.2) is 5.75 Å². The molecule has 0 unspecified atom stereocenters. The van der Waals surface area contributed by atoms with Crippen molar-refractivity contribution in [2.24, 2.45) is 10.9 Å². The van der Waals surface area contributed by atoms with Gasteiger partial charge in [0, 0.05) is 5.39 Å². The van der Waals surface area contributed by atoms with Gasteiger partial charge in [0.25, 0.3) is 0 Å². The van der Waals surface area contributed by atoms with Crippen molar-refractivity contribution in [3.63, 3.8) is 0 Å². The quantitative estimate of drug-likeness (QED) is 0.558. The van der Waals surface area contributed by atoms with Crippen LogP contribution in [0.1, 0.15) is 12.0 Å². The Morgan fingerprint density at radius 3 is 2.77 bits per heavy atom. The molecule has 3 aromatic rings. The third-order valence-electron chi connectivity index (χ3n) is 3.14. The number of carbonyl (C=O) groups excluding carboxylic acids is 1. The van der Waals surface area contributed by atoms with Crippen LogP contribution in [0.25, 0.3) is 10.9 Å². The molecule has 0 atom stereocenters. The number of carbonyl (C=O) groups is 1. The molecule has 0 fully saturated rings. The summed E-state index contributed by atoms with van der Waals surface area (Å²) in [5.74, 6) is 0.0684. The molecule has 1 aromatic heterocycles. The van der Waals surface area contributed by atoms with E-state index < -0.39 is 5.91 Å². The lowest BCUT2D eigenvalue weighted by Crippen LogP contribution is -2.17. The summed E-state index contributed by atoms with van der Waals surface area (Å²) in [6, 6.07) is 14.8. The van der Waals surface area contributed by atoms with E-state index in [1.165, 1.54) is 0 Å². The topological polar surface area (TPSA) is 93.4 Å². The van der Waals surface area contributed by atoms with Gasteiger partial charge >= 0.3 is 0 Å². The molecule has 1 heterocycles. The first-order valence-corrected chi connectivity index (χ1v) is 6.74. The average molecular weight is 294 g/mol. The molecular weight excluding hydrogens is 280 g/mol. The number of benzene rings is 2. The number of nitrogens with two attached hydrogens (primary N) is 1. The number of oxime groups is 1. The normalized spacial score (nSPS) is 11.5. The molecule has 0 aliphatic rings. The smallest absolute Gasteiger partial charge is 0.223 e. The fourth-order valence-corrected chi connectivity index (χ4v) is 2.10. The van der Waals surface area contributed by atoms with Crippen molar-refractivity contribution in [1.82, 2.24) is 10.2 Å². The van der Waals surface area contributed by atoms with Crippen molar-refractivity contribution >= 4 is 22.5 Å². The van der Waals surface area contributed by atoms with Gasteiger partial charge in [0.1, 0.15) is 5.52 Å². The molecule has 0 saturated carbocycles. The highest BCUT2D eigenvalue weighted by molar-refractivity contribution is 6.10. The van der Waals surface area contributed by atoms with Gasteiger partial charge in [0.2, 0.25) is 5.91 Å². The number of nitrogens with zero attached hydrogens (tertiary/aromatic N) is 2. The fraction of sp³-hybridized carbons (Fsp3) is 0.0625. The lowest BCUT2D eigenvalue weighted by Gasteiger charge is -2.05. The van der Waals surface area contributed by atoms with Crippen LogP contribution in [-0.4, -0.2) is 21.8 Å². The number of amides is 1. The number of fused-ring (bicyclic) bond motifs is 1. The molecule has 0 radical (unpaired) electrons. The number of primary amides is 1. The minimum atomic E-state index is -0.467. The number of para-hydroxylation sites is 1. The maximum Gasteiger partial charge on any atom is 0.223 e. The Morgan fingerprint density at radius 2 is 2.00 bits per heavy atom. The lowest BCUT2D eigenvalue weighted by molar-refractivity contribution is -0.116. The molecule has 0 aliphatic heterocycles. The van der Waals surface area contributed by atoms with Gasteiger partial charge in [-0.05, 0) is 11.6 Å². The van der Waals surface area contributed by atoms with Gasteiger partial charge < -0.3 is 10.6 Å².